The van der Waals surface area contributed by atoms with Crippen LogP contribution < -0.4 is 5.32 Å². The number of rotatable bonds is 3. The van der Waals surface area contributed by atoms with Crippen molar-refractivity contribution in [2.75, 3.05) is 5.32 Å². The first-order valence-electron chi connectivity index (χ1n) is 6.26. The molecule has 2 nitrogen and oxygen atoms in total. The largest absolute Gasteiger partial charge is 0.329 e. The van der Waals surface area contributed by atoms with Crippen LogP contribution in [0.5, 0.6) is 0 Å². The molecule has 0 aliphatic rings. The lowest BCUT2D eigenvalue weighted by molar-refractivity contribution is 0.632. The maximum absolute atomic E-state index is 13.6. The maximum atomic E-state index is 13.6. The van der Waals surface area contributed by atoms with E-state index in [0.717, 1.165) is 11.3 Å². The van der Waals surface area contributed by atoms with E-state index >= 15 is 0 Å². The lowest BCUT2D eigenvalue weighted by Gasteiger charge is -2.03. The lowest BCUT2D eigenvalue weighted by atomic mass is 10.1. The fourth-order valence-electron chi connectivity index (χ4n) is 1.87. The Morgan fingerprint density at radius 1 is 1.05 bits per heavy atom. The summed E-state index contributed by atoms with van der Waals surface area (Å²) in [4.78, 5) is 4.49. The quantitative estimate of drug-likeness (QED) is 0.732. The fourth-order valence-corrected chi connectivity index (χ4v) is 2.60. The van der Waals surface area contributed by atoms with Crippen LogP contribution in [-0.4, -0.2) is 4.98 Å². The van der Waals surface area contributed by atoms with Crippen LogP contribution in [0.25, 0.3) is 11.3 Å². The zero-order chi connectivity index (χ0) is 13.9. The Balaban J connectivity index is 1.84. The van der Waals surface area contributed by atoms with Crippen molar-refractivity contribution in [1.29, 1.82) is 0 Å². The first kappa shape index (κ1) is 12.8. The number of para-hydroxylation sites is 1. The van der Waals surface area contributed by atoms with Gasteiger partial charge in [-0.15, -0.1) is 11.3 Å². The first-order valence-corrected chi connectivity index (χ1v) is 7.14. The zero-order valence-corrected chi connectivity index (χ0v) is 11.7. The standard InChI is InChI=1S/C16H13FN2S/c1-11-6-8-12(9-7-11)15-10-20-16(19-15)18-14-5-3-2-4-13(14)17/h2-10H,1H3,(H,18,19). The number of hydrogen-bond acceptors (Lipinski definition) is 3. The average molecular weight is 284 g/mol. The Morgan fingerprint density at radius 2 is 1.80 bits per heavy atom. The number of nitrogens with zero attached hydrogens (tertiary/aromatic N) is 1. The minimum atomic E-state index is -0.278. The number of nitrogens with one attached hydrogen (secondary N) is 1. The Bertz CT molecular complexity index is 719. The van der Waals surface area contributed by atoms with Gasteiger partial charge in [-0.05, 0) is 19.1 Å². The molecular weight excluding hydrogens is 271 g/mol. The second-order valence-corrected chi connectivity index (χ2v) is 5.37. The van der Waals surface area contributed by atoms with Gasteiger partial charge in [0, 0.05) is 10.9 Å². The van der Waals surface area contributed by atoms with E-state index in [0.29, 0.717) is 10.8 Å². The molecule has 2 aromatic carbocycles. The molecule has 0 unspecified atom stereocenters. The zero-order valence-electron chi connectivity index (χ0n) is 10.9. The Labute approximate surface area is 120 Å². The molecule has 1 aromatic heterocycles. The van der Waals surface area contributed by atoms with Crippen molar-refractivity contribution in [3.63, 3.8) is 0 Å². The monoisotopic (exact) mass is 284 g/mol. The van der Waals surface area contributed by atoms with Crippen LogP contribution in [0.15, 0.2) is 53.9 Å². The van der Waals surface area contributed by atoms with Gasteiger partial charge in [-0.3, -0.25) is 0 Å². The van der Waals surface area contributed by atoms with E-state index in [2.05, 4.69) is 29.4 Å². The van der Waals surface area contributed by atoms with Crippen molar-refractivity contribution >= 4 is 22.2 Å². The average Bonchev–Trinajstić information content (AvgIpc) is 2.91. The summed E-state index contributed by atoms with van der Waals surface area (Å²) in [5.41, 5.74) is 3.62. The molecule has 0 fully saturated rings. The van der Waals surface area contributed by atoms with E-state index in [1.54, 1.807) is 18.2 Å². The fraction of sp³-hybridized carbons (Fsp3) is 0.0625. The summed E-state index contributed by atoms with van der Waals surface area (Å²) < 4.78 is 13.6. The molecule has 0 atom stereocenters. The molecule has 3 aromatic rings. The first-order chi connectivity index (χ1) is 9.72. The summed E-state index contributed by atoms with van der Waals surface area (Å²) in [5.74, 6) is -0.278. The van der Waals surface area contributed by atoms with Gasteiger partial charge in [0.15, 0.2) is 5.13 Å². The summed E-state index contributed by atoms with van der Waals surface area (Å²) >= 11 is 1.46. The highest BCUT2D eigenvalue weighted by Gasteiger charge is 2.06. The summed E-state index contributed by atoms with van der Waals surface area (Å²) in [6.07, 6.45) is 0. The number of hydrogen-bond donors (Lipinski definition) is 1. The predicted molar refractivity (Wildman–Crippen MR) is 82.0 cm³/mol. The van der Waals surface area contributed by atoms with Crippen LogP contribution >= 0.6 is 11.3 Å². The molecule has 4 heteroatoms. The molecule has 0 radical (unpaired) electrons. The van der Waals surface area contributed by atoms with Gasteiger partial charge in [-0.2, -0.15) is 0 Å². The van der Waals surface area contributed by atoms with Gasteiger partial charge in [0.2, 0.25) is 0 Å². The summed E-state index contributed by atoms with van der Waals surface area (Å²) in [5, 5.41) is 5.66. The maximum Gasteiger partial charge on any atom is 0.187 e. The minimum Gasteiger partial charge on any atom is -0.329 e. The lowest BCUT2D eigenvalue weighted by Crippen LogP contribution is -1.92. The Hall–Kier alpha value is -2.20. The molecular formula is C16H13FN2S. The van der Waals surface area contributed by atoms with Crippen molar-refractivity contribution in [2.45, 2.75) is 6.92 Å². The van der Waals surface area contributed by atoms with Gasteiger partial charge >= 0.3 is 0 Å². The molecule has 0 aliphatic heterocycles. The highest BCUT2D eigenvalue weighted by atomic mass is 32.1. The molecule has 1 N–H and O–H groups in total. The predicted octanol–water partition coefficient (Wildman–Crippen LogP) is 5.00. The molecule has 0 aliphatic carbocycles. The molecule has 100 valence electrons. The van der Waals surface area contributed by atoms with Crippen molar-refractivity contribution in [3.8, 4) is 11.3 Å². The van der Waals surface area contributed by atoms with Crippen LogP contribution in [0.3, 0.4) is 0 Å². The van der Waals surface area contributed by atoms with Gasteiger partial charge in [0.25, 0.3) is 0 Å². The van der Waals surface area contributed by atoms with Crippen molar-refractivity contribution < 1.29 is 4.39 Å². The van der Waals surface area contributed by atoms with Crippen LogP contribution in [0.4, 0.5) is 15.2 Å². The molecule has 20 heavy (non-hydrogen) atoms. The third-order valence-electron chi connectivity index (χ3n) is 2.97. The normalized spacial score (nSPS) is 10.5. The van der Waals surface area contributed by atoms with Crippen LogP contribution in [0, 0.1) is 12.7 Å². The molecule has 0 bridgehead atoms. The summed E-state index contributed by atoms with van der Waals surface area (Å²) in [6, 6.07) is 14.8. The number of anilines is 2. The van der Waals surface area contributed by atoms with Gasteiger partial charge in [-0.1, -0.05) is 42.0 Å². The third-order valence-corrected chi connectivity index (χ3v) is 3.72. The van der Waals surface area contributed by atoms with Crippen molar-refractivity contribution in [2.24, 2.45) is 0 Å². The molecule has 3 rings (SSSR count). The summed E-state index contributed by atoms with van der Waals surface area (Å²) in [6.45, 7) is 2.05. The minimum absolute atomic E-state index is 0.278. The van der Waals surface area contributed by atoms with Gasteiger partial charge in [0.05, 0.1) is 11.4 Å². The molecule has 0 saturated heterocycles. The van der Waals surface area contributed by atoms with Gasteiger partial charge in [0.1, 0.15) is 5.82 Å². The van der Waals surface area contributed by atoms with Gasteiger partial charge < -0.3 is 5.32 Å². The third kappa shape index (κ3) is 2.70. The smallest absolute Gasteiger partial charge is 0.187 e. The van der Waals surface area contributed by atoms with Crippen LogP contribution in [0.2, 0.25) is 0 Å². The number of halogens is 1. The Kier molecular flexibility index (Phi) is 3.48. The Morgan fingerprint density at radius 3 is 2.55 bits per heavy atom. The highest BCUT2D eigenvalue weighted by molar-refractivity contribution is 7.14. The van der Waals surface area contributed by atoms with Crippen LogP contribution in [0.1, 0.15) is 5.56 Å². The van der Waals surface area contributed by atoms with Crippen LogP contribution in [-0.2, 0) is 0 Å². The molecule has 0 spiro atoms. The van der Waals surface area contributed by atoms with Crippen molar-refractivity contribution in [1.82, 2.24) is 4.98 Å². The second-order valence-electron chi connectivity index (χ2n) is 4.51. The summed E-state index contributed by atoms with van der Waals surface area (Å²) in [7, 11) is 0. The molecule has 1 heterocycles. The van der Waals surface area contributed by atoms with E-state index in [4.69, 9.17) is 0 Å². The van der Waals surface area contributed by atoms with E-state index in [-0.39, 0.29) is 5.82 Å². The number of aromatic nitrogens is 1. The molecule has 0 saturated carbocycles. The highest BCUT2D eigenvalue weighted by Crippen LogP contribution is 2.28. The topological polar surface area (TPSA) is 24.9 Å². The number of thiazole rings is 1. The van der Waals surface area contributed by atoms with E-state index in [1.165, 1.54) is 23.0 Å². The van der Waals surface area contributed by atoms with E-state index in [1.807, 2.05) is 17.5 Å². The SMILES string of the molecule is Cc1ccc(-c2csc(Nc3ccccc3F)n2)cc1. The number of aryl methyl sites for hydroxylation is 1. The van der Waals surface area contributed by atoms with Gasteiger partial charge in [-0.25, -0.2) is 9.37 Å². The number of benzene rings is 2. The molecule has 0 amide bonds. The van der Waals surface area contributed by atoms with E-state index in [9.17, 15) is 4.39 Å². The second kappa shape index (κ2) is 5.43. The van der Waals surface area contributed by atoms with E-state index < -0.39 is 0 Å². The van der Waals surface area contributed by atoms with Crippen molar-refractivity contribution in [3.05, 3.63) is 65.3 Å².